The number of pyridine rings is 1. The highest BCUT2D eigenvalue weighted by atomic mass is 16.5. The summed E-state index contributed by atoms with van der Waals surface area (Å²) >= 11 is 0. The van der Waals surface area contributed by atoms with Gasteiger partial charge in [0.05, 0.1) is 0 Å². The minimum absolute atomic E-state index is 0.286. The molecule has 2 heterocycles. The van der Waals surface area contributed by atoms with Gasteiger partial charge < -0.3 is 16.0 Å². The van der Waals surface area contributed by atoms with Crippen LogP contribution in [0.4, 0.5) is 0 Å². The van der Waals surface area contributed by atoms with Gasteiger partial charge in [0, 0.05) is 23.9 Å². The summed E-state index contributed by atoms with van der Waals surface area (Å²) < 4.78 is 5.12. The van der Waals surface area contributed by atoms with Gasteiger partial charge in [-0.3, -0.25) is 4.98 Å². The zero-order valence-electron chi connectivity index (χ0n) is 11.3. The van der Waals surface area contributed by atoms with Crippen molar-refractivity contribution in [2.24, 2.45) is 11.5 Å². The first kappa shape index (κ1) is 16.2. The van der Waals surface area contributed by atoms with Crippen LogP contribution >= 0.6 is 0 Å². The van der Waals surface area contributed by atoms with Gasteiger partial charge >= 0.3 is 0 Å². The van der Waals surface area contributed by atoms with E-state index in [1.165, 1.54) is 14.1 Å². The molecule has 2 aromatic heterocycles. The highest BCUT2D eigenvalue weighted by molar-refractivity contribution is 5.51. The largest absolute Gasteiger partial charge is 0.334 e. The van der Waals surface area contributed by atoms with Crippen molar-refractivity contribution in [2.45, 2.75) is 19.8 Å². The minimum atomic E-state index is 0.286. The second-order valence-corrected chi connectivity index (χ2v) is 3.35. The van der Waals surface area contributed by atoms with E-state index in [0.717, 1.165) is 11.4 Å². The second kappa shape index (κ2) is 9.26. The van der Waals surface area contributed by atoms with Crippen molar-refractivity contribution in [1.29, 1.82) is 0 Å². The summed E-state index contributed by atoms with van der Waals surface area (Å²) in [5.41, 5.74) is 9.90. The molecule has 18 heavy (non-hydrogen) atoms. The second-order valence-electron chi connectivity index (χ2n) is 3.35. The molecule has 2 aromatic rings. The normalized spacial score (nSPS) is 9.06. The van der Waals surface area contributed by atoms with E-state index in [9.17, 15) is 0 Å². The first-order valence-electron chi connectivity index (χ1n) is 5.67. The van der Waals surface area contributed by atoms with Gasteiger partial charge in [0.2, 0.25) is 0 Å². The van der Waals surface area contributed by atoms with Crippen LogP contribution in [0.2, 0.25) is 0 Å². The van der Waals surface area contributed by atoms with Crippen LogP contribution < -0.4 is 11.5 Å². The van der Waals surface area contributed by atoms with Crippen molar-refractivity contribution in [3.05, 3.63) is 30.4 Å². The van der Waals surface area contributed by atoms with Crippen LogP contribution in [0, 0.1) is 0 Å². The first-order chi connectivity index (χ1) is 8.77. The molecular formula is C12H21N5O. The molecule has 0 bridgehead atoms. The van der Waals surface area contributed by atoms with Crippen molar-refractivity contribution >= 4 is 0 Å². The van der Waals surface area contributed by atoms with E-state index in [1.807, 2.05) is 26.0 Å². The summed E-state index contributed by atoms with van der Waals surface area (Å²) in [4.78, 5) is 8.20. The number of aromatic nitrogens is 3. The lowest BCUT2D eigenvalue weighted by atomic mass is 10.2. The average Bonchev–Trinajstić information content (AvgIpc) is 2.94. The third kappa shape index (κ3) is 4.60. The summed E-state index contributed by atoms with van der Waals surface area (Å²) in [5, 5.41) is 3.89. The molecule has 0 atom stereocenters. The maximum Gasteiger partial charge on any atom is 0.258 e. The van der Waals surface area contributed by atoms with Crippen LogP contribution in [0.5, 0.6) is 0 Å². The van der Waals surface area contributed by atoms with Crippen molar-refractivity contribution in [3.63, 3.8) is 0 Å². The van der Waals surface area contributed by atoms with E-state index < -0.39 is 0 Å². The molecule has 0 fully saturated rings. The Bertz CT molecular complexity index is 413. The van der Waals surface area contributed by atoms with Gasteiger partial charge in [0.25, 0.3) is 5.89 Å². The van der Waals surface area contributed by atoms with Crippen molar-refractivity contribution in [1.82, 2.24) is 15.1 Å². The van der Waals surface area contributed by atoms with Crippen LogP contribution in [0.3, 0.4) is 0 Å². The molecule has 0 saturated carbocycles. The van der Waals surface area contributed by atoms with Crippen LogP contribution in [-0.2, 0) is 0 Å². The highest BCUT2D eigenvalue weighted by Crippen LogP contribution is 2.18. The molecule has 100 valence electrons. The van der Waals surface area contributed by atoms with Crippen molar-refractivity contribution in [3.8, 4) is 11.5 Å². The number of hydrogen-bond donors (Lipinski definition) is 2. The van der Waals surface area contributed by atoms with Crippen LogP contribution in [-0.4, -0.2) is 29.2 Å². The molecule has 0 radical (unpaired) electrons. The van der Waals surface area contributed by atoms with E-state index in [1.54, 1.807) is 12.4 Å². The lowest BCUT2D eigenvalue weighted by Crippen LogP contribution is -1.89. The molecule has 0 saturated heterocycles. The Morgan fingerprint density at radius 3 is 2.06 bits per heavy atom. The van der Waals surface area contributed by atoms with Gasteiger partial charge in [-0.05, 0) is 26.2 Å². The Balaban J connectivity index is 0.000000659. The SMILES string of the molecule is CC(C)c1noc(-c2ccncc2)n1.CN.CN. The van der Waals surface area contributed by atoms with Gasteiger partial charge in [-0.1, -0.05) is 19.0 Å². The summed E-state index contributed by atoms with van der Waals surface area (Å²) in [5.74, 6) is 1.57. The quantitative estimate of drug-likeness (QED) is 0.836. The fourth-order valence-corrected chi connectivity index (χ4v) is 1.08. The van der Waals surface area contributed by atoms with Gasteiger partial charge in [0.15, 0.2) is 5.82 Å². The molecule has 0 aliphatic carbocycles. The molecule has 0 unspecified atom stereocenters. The third-order valence-electron chi connectivity index (χ3n) is 1.89. The predicted molar refractivity (Wildman–Crippen MR) is 71.8 cm³/mol. The highest BCUT2D eigenvalue weighted by Gasteiger charge is 2.10. The zero-order valence-corrected chi connectivity index (χ0v) is 11.3. The van der Waals surface area contributed by atoms with Crippen LogP contribution in [0.15, 0.2) is 29.0 Å². The van der Waals surface area contributed by atoms with E-state index in [0.29, 0.717) is 5.89 Å². The van der Waals surface area contributed by atoms with Crippen molar-refractivity contribution < 1.29 is 4.52 Å². The van der Waals surface area contributed by atoms with Gasteiger partial charge in [-0.2, -0.15) is 4.98 Å². The van der Waals surface area contributed by atoms with E-state index >= 15 is 0 Å². The molecule has 6 heteroatoms. The van der Waals surface area contributed by atoms with Crippen LogP contribution in [0.1, 0.15) is 25.6 Å². The van der Waals surface area contributed by atoms with Gasteiger partial charge in [-0.15, -0.1) is 0 Å². The molecule has 6 nitrogen and oxygen atoms in total. The lowest BCUT2D eigenvalue weighted by molar-refractivity contribution is 0.419. The zero-order chi connectivity index (χ0) is 14.0. The summed E-state index contributed by atoms with van der Waals surface area (Å²) in [6.45, 7) is 4.06. The van der Waals surface area contributed by atoms with Crippen LogP contribution in [0.25, 0.3) is 11.5 Å². The topological polar surface area (TPSA) is 104 Å². The molecule has 0 aromatic carbocycles. The first-order valence-corrected chi connectivity index (χ1v) is 5.67. The maximum absolute atomic E-state index is 5.12. The average molecular weight is 251 g/mol. The Labute approximate surface area is 107 Å². The molecule has 0 aliphatic heterocycles. The fourth-order valence-electron chi connectivity index (χ4n) is 1.08. The number of nitrogens with zero attached hydrogens (tertiary/aromatic N) is 3. The Morgan fingerprint density at radius 2 is 1.61 bits per heavy atom. The third-order valence-corrected chi connectivity index (χ3v) is 1.89. The molecular weight excluding hydrogens is 230 g/mol. The fraction of sp³-hybridized carbons (Fsp3) is 0.417. The number of rotatable bonds is 2. The van der Waals surface area contributed by atoms with E-state index in [2.05, 4.69) is 26.6 Å². The predicted octanol–water partition coefficient (Wildman–Crippen LogP) is 1.40. The minimum Gasteiger partial charge on any atom is -0.334 e. The Morgan fingerprint density at radius 1 is 1.06 bits per heavy atom. The monoisotopic (exact) mass is 251 g/mol. The van der Waals surface area contributed by atoms with Crippen molar-refractivity contribution in [2.75, 3.05) is 14.1 Å². The molecule has 4 N–H and O–H groups in total. The number of hydrogen-bond acceptors (Lipinski definition) is 6. The van der Waals surface area contributed by atoms with Gasteiger partial charge in [-0.25, -0.2) is 0 Å². The summed E-state index contributed by atoms with van der Waals surface area (Å²) in [6.07, 6.45) is 3.41. The molecule has 0 spiro atoms. The molecule has 0 aliphatic rings. The maximum atomic E-state index is 5.12. The van der Waals surface area contributed by atoms with E-state index in [4.69, 9.17) is 4.52 Å². The summed E-state index contributed by atoms with van der Waals surface area (Å²) in [6, 6.07) is 3.69. The van der Waals surface area contributed by atoms with Gasteiger partial charge in [0.1, 0.15) is 0 Å². The summed E-state index contributed by atoms with van der Waals surface area (Å²) in [7, 11) is 3.00. The standard InChI is InChI=1S/C10H11N3O.2CH5N/c1-7(2)9-12-10(14-13-9)8-3-5-11-6-4-8;2*1-2/h3-7H,1-2H3;2*2H2,1H3. The number of nitrogens with two attached hydrogens (primary N) is 2. The Kier molecular flexibility index (Phi) is 8.34. The smallest absolute Gasteiger partial charge is 0.258 e. The molecule has 2 rings (SSSR count). The van der Waals surface area contributed by atoms with E-state index in [-0.39, 0.29) is 5.92 Å². The lowest BCUT2D eigenvalue weighted by Gasteiger charge is -1.92. The molecule has 0 amide bonds. The Hall–Kier alpha value is -1.79.